The van der Waals surface area contributed by atoms with Gasteiger partial charge in [0.15, 0.2) is 0 Å². The quantitative estimate of drug-likeness (QED) is 0.840. The van der Waals surface area contributed by atoms with Gasteiger partial charge in [-0.1, -0.05) is 0 Å². The lowest BCUT2D eigenvalue weighted by Crippen LogP contribution is -2.29. The van der Waals surface area contributed by atoms with Crippen molar-refractivity contribution in [2.75, 3.05) is 11.4 Å². The Morgan fingerprint density at radius 2 is 2.35 bits per heavy atom. The second-order valence-corrected chi connectivity index (χ2v) is 6.69. The summed E-state index contributed by atoms with van der Waals surface area (Å²) in [5.74, 6) is 0.450. The van der Waals surface area contributed by atoms with E-state index in [2.05, 4.69) is 9.97 Å². The van der Waals surface area contributed by atoms with Gasteiger partial charge in [0.25, 0.3) is 0 Å². The van der Waals surface area contributed by atoms with Crippen molar-refractivity contribution in [2.24, 2.45) is 0 Å². The summed E-state index contributed by atoms with van der Waals surface area (Å²) in [6, 6.07) is 6.04. The van der Waals surface area contributed by atoms with Crippen molar-refractivity contribution in [2.45, 2.75) is 38.1 Å². The fourth-order valence-corrected chi connectivity index (χ4v) is 3.43. The first-order valence-electron chi connectivity index (χ1n) is 8.80. The Hall–Kier alpha value is -3.14. The van der Waals surface area contributed by atoms with Gasteiger partial charge in [-0.05, 0) is 49.0 Å². The molecule has 0 spiro atoms. The van der Waals surface area contributed by atoms with Crippen molar-refractivity contribution < 1.29 is 9.59 Å². The monoisotopic (exact) mass is 349 g/mol. The third-order valence-corrected chi connectivity index (χ3v) is 4.89. The average molecular weight is 349 g/mol. The molecule has 0 saturated heterocycles. The number of hydrogen-bond acceptors (Lipinski definition) is 4. The van der Waals surface area contributed by atoms with Crippen LogP contribution in [-0.4, -0.2) is 39.8 Å². The maximum Gasteiger partial charge on any atom is 0.240 e. The highest BCUT2D eigenvalue weighted by Crippen LogP contribution is 2.35. The molecule has 2 amide bonds. The van der Waals surface area contributed by atoms with E-state index in [0.29, 0.717) is 12.4 Å². The van der Waals surface area contributed by atoms with E-state index in [4.69, 9.17) is 5.26 Å². The number of nitriles is 1. The third-order valence-electron chi connectivity index (χ3n) is 4.89. The molecule has 0 atom stereocenters. The number of nitrogens with one attached hydrogen (secondary N) is 1. The van der Waals surface area contributed by atoms with Gasteiger partial charge in [-0.2, -0.15) is 5.26 Å². The second-order valence-electron chi connectivity index (χ2n) is 6.69. The molecule has 7 nitrogen and oxygen atoms in total. The lowest BCUT2D eigenvalue weighted by atomic mass is 9.97. The normalized spacial score (nSPS) is 16.9. The fraction of sp³-hybridized carbons (Fsp3) is 0.368. The van der Waals surface area contributed by atoms with Crippen LogP contribution in [0.4, 0.5) is 5.82 Å². The molecule has 2 aliphatic rings. The minimum Gasteiger partial charge on any atom is -0.346 e. The van der Waals surface area contributed by atoms with Gasteiger partial charge in [0.2, 0.25) is 12.3 Å². The molecule has 7 heteroatoms. The van der Waals surface area contributed by atoms with Gasteiger partial charge in [-0.3, -0.25) is 14.5 Å². The summed E-state index contributed by atoms with van der Waals surface area (Å²) in [6.07, 6.45) is 8.07. The topological polar surface area (TPSA) is 93.1 Å². The summed E-state index contributed by atoms with van der Waals surface area (Å²) in [7, 11) is 0. The highest BCUT2D eigenvalue weighted by molar-refractivity contribution is 5.94. The lowest BCUT2D eigenvalue weighted by molar-refractivity contribution is -0.127. The van der Waals surface area contributed by atoms with Crippen LogP contribution in [0, 0.1) is 11.3 Å². The minimum atomic E-state index is -0.184. The van der Waals surface area contributed by atoms with E-state index in [1.54, 1.807) is 9.80 Å². The van der Waals surface area contributed by atoms with Gasteiger partial charge in [-0.15, -0.1) is 0 Å². The highest BCUT2D eigenvalue weighted by Gasteiger charge is 2.31. The van der Waals surface area contributed by atoms with E-state index in [9.17, 15) is 9.59 Å². The van der Waals surface area contributed by atoms with Crippen LogP contribution in [0.5, 0.6) is 0 Å². The van der Waals surface area contributed by atoms with Crippen LogP contribution in [0.2, 0.25) is 0 Å². The first kappa shape index (κ1) is 16.3. The maximum absolute atomic E-state index is 12.1. The molecule has 0 unspecified atom stereocenters. The maximum atomic E-state index is 12.1. The van der Waals surface area contributed by atoms with E-state index in [-0.39, 0.29) is 18.4 Å². The van der Waals surface area contributed by atoms with Crippen LogP contribution in [0.15, 0.2) is 24.5 Å². The van der Waals surface area contributed by atoms with Crippen molar-refractivity contribution in [1.82, 2.24) is 14.9 Å². The Bertz CT molecular complexity index is 935. The van der Waals surface area contributed by atoms with Crippen molar-refractivity contribution in [1.29, 1.82) is 5.26 Å². The van der Waals surface area contributed by atoms with Gasteiger partial charge in [0.05, 0.1) is 6.07 Å². The van der Waals surface area contributed by atoms with Crippen LogP contribution in [-0.2, 0) is 9.59 Å². The molecule has 26 heavy (non-hydrogen) atoms. The predicted molar refractivity (Wildman–Crippen MR) is 96.8 cm³/mol. The highest BCUT2D eigenvalue weighted by atomic mass is 16.2. The molecule has 3 heterocycles. The number of amides is 2. The predicted octanol–water partition coefficient (Wildman–Crippen LogP) is 2.57. The number of carbonyl (C=O) groups excluding carboxylic acids is 2. The van der Waals surface area contributed by atoms with Gasteiger partial charge < -0.3 is 9.88 Å². The number of carbonyl (C=O) groups is 2. The number of aromatic amines is 1. The Labute approximate surface area is 150 Å². The van der Waals surface area contributed by atoms with Gasteiger partial charge in [0.1, 0.15) is 17.9 Å². The first-order valence-corrected chi connectivity index (χ1v) is 8.80. The van der Waals surface area contributed by atoms with E-state index in [1.807, 2.05) is 30.6 Å². The van der Waals surface area contributed by atoms with Gasteiger partial charge >= 0.3 is 0 Å². The lowest BCUT2D eigenvalue weighted by Gasteiger charge is -2.25. The molecule has 0 aromatic carbocycles. The number of rotatable bonds is 5. The SMILES string of the molecule is N#CCC(=O)N1C=C(c2cc(N(C=O)C3CC3)nc3[nH]ccc23)CCC1. The molecule has 1 aliphatic carbocycles. The Morgan fingerprint density at radius 3 is 3.08 bits per heavy atom. The summed E-state index contributed by atoms with van der Waals surface area (Å²) in [5, 5.41) is 9.75. The van der Waals surface area contributed by atoms with Crippen LogP contribution < -0.4 is 4.90 Å². The van der Waals surface area contributed by atoms with E-state index in [1.165, 1.54) is 0 Å². The Balaban J connectivity index is 1.77. The first-order chi connectivity index (χ1) is 12.7. The molecule has 1 aliphatic heterocycles. The summed E-state index contributed by atoms with van der Waals surface area (Å²) in [4.78, 5) is 34.7. The number of H-pyrrole nitrogens is 1. The van der Waals surface area contributed by atoms with Crippen molar-refractivity contribution in [3.05, 3.63) is 30.1 Å². The van der Waals surface area contributed by atoms with E-state index < -0.39 is 0 Å². The molecule has 1 N–H and O–H groups in total. The molecule has 2 aromatic rings. The molecule has 132 valence electrons. The van der Waals surface area contributed by atoms with Crippen LogP contribution in [0.25, 0.3) is 16.6 Å². The number of anilines is 1. The summed E-state index contributed by atoms with van der Waals surface area (Å²) < 4.78 is 0. The number of allylic oxidation sites excluding steroid dienone is 1. The minimum absolute atomic E-state index is 0.120. The fourth-order valence-electron chi connectivity index (χ4n) is 3.43. The third kappa shape index (κ3) is 2.94. The zero-order valence-corrected chi connectivity index (χ0v) is 14.3. The van der Waals surface area contributed by atoms with Crippen molar-refractivity contribution in [3.8, 4) is 6.07 Å². The molecule has 1 saturated carbocycles. The second kappa shape index (κ2) is 6.64. The molecular formula is C19H19N5O2. The Morgan fingerprint density at radius 1 is 1.50 bits per heavy atom. The number of fused-ring (bicyclic) bond motifs is 1. The number of pyridine rings is 1. The summed E-state index contributed by atoms with van der Waals surface area (Å²) >= 11 is 0. The van der Waals surface area contributed by atoms with Crippen LogP contribution >= 0.6 is 0 Å². The van der Waals surface area contributed by atoms with Crippen LogP contribution in [0.3, 0.4) is 0 Å². The smallest absolute Gasteiger partial charge is 0.240 e. The largest absolute Gasteiger partial charge is 0.346 e. The summed E-state index contributed by atoms with van der Waals surface area (Å²) in [6.45, 7) is 0.626. The number of nitrogens with zero attached hydrogens (tertiary/aromatic N) is 4. The molecule has 2 aromatic heterocycles. The van der Waals surface area contributed by atoms with E-state index >= 15 is 0 Å². The molecule has 4 rings (SSSR count). The van der Waals surface area contributed by atoms with Crippen molar-refractivity contribution >= 4 is 34.7 Å². The van der Waals surface area contributed by atoms with Gasteiger partial charge in [-0.25, -0.2) is 4.98 Å². The zero-order chi connectivity index (χ0) is 18.1. The zero-order valence-electron chi connectivity index (χ0n) is 14.3. The Kier molecular flexibility index (Phi) is 4.17. The van der Waals surface area contributed by atoms with Crippen LogP contribution in [0.1, 0.15) is 37.7 Å². The van der Waals surface area contributed by atoms with E-state index in [0.717, 1.165) is 54.3 Å². The number of aromatic nitrogens is 2. The summed E-state index contributed by atoms with van der Waals surface area (Å²) in [5.41, 5.74) is 2.73. The molecule has 0 bridgehead atoms. The molecular weight excluding hydrogens is 330 g/mol. The standard InChI is InChI=1S/C19H19N5O2/c20-7-5-18(26)23-9-1-2-13(11-23)16-10-17(24(12-25)14-3-4-14)22-19-15(16)6-8-21-19/h6,8,10-12,14H,1-5,9H2,(H,21,22). The van der Waals surface area contributed by atoms with Gasteiger partial charge in [0, 0.05) is 30.4 Å². The van der Waals surface area contributed by atoms with Crippen molar-refractivity contribution in [3.63, 3.8) is 0 Å². The molecule has 0 radical (unpaired) electrons. The average Bonchev–Trinajstić information content (AvgIpc) is 3.38. The number of hydrogen-bond donors (Lipinski definition) is 1. The molecule has 1 fully saturated rings.